The number of aliphatic hydroxyl groups excluding tert-OH is 2. The number of hydrogen-bond acceptors (Lipinski definition) is 3. The van der Waals surface area contributed by atoms with Gasteiger partial charge in [0.2, 0.25) is 0 Å². The molecule has 0 rings (SSSR count). The van der Waals surface area contributed by atoms with Gasteiger partial charge in [-0.15, -0.1) is 0 Å². The van der Waals surface area contributed by atoms with Crippen molar-refractivity contribution in [3.05, 3.63) is 0 Å². The summed E-state index contributed by atoms with van der Waals surface area (Å²) in [5, 5.41) is 21.0. The van der Waals surface area contributed by atoms with Gasteiger partial charge in [0.1, 0.15) is 0 Å². The highest BCUT2D eigenvalue weighted by Gasteiger charge is 2.17. The zero-order chi connectivity index (χ0) is 11.1. The molecule has 1 atom stereocenters. The van der Waals surface area contributed by atoms with Crippen molar-refractivity contribution in [3.63, 3.8) is 0 Å². The van der Waals surface area contributed by atoms with Gasteiger partial charge in [-0.2, -0.15) is 0 Å². The van der Waals surface area contributed by atoms with E-state index in [1.807, 2.05) is 0 Å². The Morgan fingerprint density at radius 1 is 1.00 bits per heavy atom. The summed E-state index contributed by atoms with van der Waals surface area (Å²) >= 11 is 0. The average Bonchev–Trinajstić information content (AvgIpc) is 2.10. The first-order valence-electron chi connectivity index (χ1n) is 5.48. The lowest BCUT2D eigenvalue weighted by Crippen LogP contribution is -2.35. The van der Waals surface area contributed by atoms with Crippen molar-refractivity contribution in [2.75, 3.05) is 19.7 Å². The van der Waals surface area contributed by atoms with Crippen LogP contribution in [0.1, 0.15) is 27.7 Å². The standard InChI is InChI=1S/C11H25NO2/c1-8(2)11(9(3)4)6-12-5-10(14)7-13/h8-14H,5-7H2,1-4H3/t10-/m0/s1. The van der Waals surface area contributed by atoms with E-state index in [-0.39, 0.29) is 6.61 Å². The third-order valence-corrected chi connectivity index (χ3v) is 2.68. The molecule has 0 aromatic heterocycles. The van der Waals surface area contributed by atoms with E-state index in [0.717, 1.165) is 6.54 Å². The van der Waals surface area contributed by atoms with E-state index >= 15 is 0 Å². The Bertz CT molecular complexity index is 129. The van der Waals surface area contributed by atoms with Crippen LogP contribution < -0.4 is 5.32 Å². The minimum absolute atomic E-state index is 0.166. The van der Waals surface area contributed by atoms with Crippen LogP contribution in [0.25, 0.3) is 0 Å². The fourth-order valence-corrected chi connectivity index (χ4v) is 1.72. The largest absolute Gasteiger partial charge is 0.394 e. The van der Waals surface area contributed by atoms with E-state index in [4.69, 9.17) is 10.2 Å². The third kappa shape index (κ3) is 5.58. The Kier molecular flexibility index (Phi) is 7.15. The van der Waals surface area contributed by atoms with Crippen molar-refractivity contribution in [1.82, 2.24) is 5.32 Å². The first-order valence-corrected chi connectivity index (χ1v) is 5.48. The maximum Gasteiger partial charge on any atom is 0.0894 e. The quantitative estimate of drug-likeness (QED) is 0.575. The number of hydrogen-bond donors (Lipinski definition) is 3. The molecule has 0 saturated heterocycles. The van der Waals surface area contributed by atoms with E-state index < -0.39 is 6.10 Å². The second-order valence-electron chi connectivity index (χ2n) is 4.65. The van der Waals surface area contributed by atoms with Crippen LogP contribution in [0, 0.1) is 17.8 Å². The summed E-state index contributed by atoms with van der Waals surface area (Å²) in [7, 11) is 0. The first-order chi connectivity index (χ1) is 6.49. The van der Waals surface area contributed by atoms with Crippen LogP contribution in [0.2, 0.25) is 0 Å². The first kappa shape index (κ1) is 13.9. The van der Waals surface area contributed by atoms with Gasteiger partial charge in [0, 0.05) is 6.54 Å². The van der Waals surface area contributed by atoms with E-state index in [1.165, 1.54) is 0 Å². The minimum atomic E-state index is -0.630. The highest BCUT2D eigenvalue weighted by atomic mass is 16.3. The van der Waals surface area contributed by atoms with Gasteiger partial charge >= 0.3 is 0 Å². The molecule has 0 fully saturated rings. The molecule has 0 heterocycles. The molecule has 14 heavy (non-hydrogen) atoms. The maximum absolute atomic E-state index is 9.14. The number of rotatable bonds is 7. The molecule has 0 unspecified atom stereocenters. The Labute approximate surface area is 87.5 Å². The lowest BCUT2D eigenvalue weighted by molar-refractivity contribution is 0.0919. The van der Waals surface area contributed by atoms with Gasteiger partial charge in [-0.25, -0.2) is 0 Å². The number of nitrogens with one attached hydrogen (secondary N) is 1. The smallest absolute Gasteiger partial charge is 0.0894 e. The van der Waals surface area contributed by atoms with Crippen molar-refractivity contribution < 1.29 is 10.2 Å². The van der Waals surface area contributed by atoms with E-state index in [1.54, 1.807) is 0 Å². The molecule has 0 aromatic rings. The summed E-state index contributed by atoms with van der Waals surface area (Å²) in [5.74, 6) is 1.92. The van der Waals surface area contributed by atoms with Gasteiger partial charge in [0.25, 0.3) is 0 Å². The average molecular weight is 203 g/mol. The summed E-state index contributed by atoms with van der Waals surface area (Å²) < 4.78 is 0. The summed E-state index contributed by atoms with van der Waals surface area (Å²) in [6.07, 6.45) is -0.630. The maximum atomic E-state index is 9.14. The molecule has 3 nitrogen and oxygen atoms in total. The van der Waals surface area contributed by atoms with Crippen LogP contribution in [0.4, 0.5) is 0 Å². The van der Waals surface area contributed by atoms with Gasteiger partial charge in [-0.05, 0) is 24.3 Å². The van der Waals surface area contributed by atoms with Crippen molar-refractivity contribution in [1.29, 1.82) is 0 Å². The van der Waals surface area contributed by atoms with Crippen LogP contribution in [-0.4, -0.2) is 36.0 Å². The van der Waals surface area contributed by atoms with E-state index in [0.29, 0.717) is 24.3 Å². The summed E-state index contributed by atoms with van der Waals surface area (Å²) in [4.78, 5) is 0. The predicted octanol–water partition coefficient (Wildman–Crippen LogP) is 0.857. The summed E-state index contributed by atoms with van der Waals surface area (Å²) in [5.41, 5.74) is 0. The molecule has 3 N–H and O–H groups in total. The SMILES string of the molecule is CC(C)C(CNC[C@H](O)CO)C(C)C. The van der Waals surface area contributed by atoms with Gasteiger partial charge in [-0.1, -0.05) is 27.7 Å². The molecule has 0 spiro atoms. The van der Waals surface area contributed by atoms with Gasteiger partial charge in [0.15, 0.2) is 0 Å². The molecule has 0 bridgehead atoms. The van der Waals surface area contributed by atoms with Crippen molar-refractivity contribution in [2.45, 2.75) is 33.8 Å². The minimum Gasteiger partial charge on any atom is -0.394 e. The van der Waals surface area contributed by atoms with Crippen molar-refractivity contribution in [3.8, 4) is 0 Å². The molecule has 3 heteroatoms. The van der Waals surface area contributed by atoms with E-state index in [2.05, 4.69) is 33.0 Å². The normalized spacial score (nSPS) is 14.4. The molecular weight excluding hydrogens is 178 g/mol. The molecule has 0 aliphatic carbocycles. The Hall–Kier alpha value is -0.120. The van der Waals surface area contributed by atoms with Crippen LogP contribution in [-0.2, 0) is 0 Å². The Morgan fingerprint density at radius 3 is 1.86 bits per heavy atom. The molecule has 0 aliphatic heterocycles. The Balaban J connectivity index is 3.72. The lowest BCUT2D eigenvalue weighted by Gasteiger charge is -2.25. The molecular formula is C11H25NO2. The predicted molar refractivity (Wildman–Crippen MR) is 59.1 cm³/mol. The fraction of sp³-hybridized carbons (Fsp3) is 1.00. The molecule has 0 radical (unpaired) electrons. The van der Waals surface area contributed by atoms with Gasteiger partial charge in [0.05, 0.1) is 12.7 Å². The molecule has 86 valence electrons. The lowest BCUT2D eigenvalue weighted by atomic mass is 9.85. The summed E-state index contributed by atoms with van der Waals surface area (Å²) in [6.45, 7) is 10.1. The van der Waals surface area contributed by atoms with Crippen LogP contribution in [0.5, 0.6) is 0 Å². The number of aliphatic hydroxyl groups is 2. The van der Waals surface area contributed by atoms with Crippen molar-refractivity contribution >= 4 is 0 Å². The van der Waals surface area contributed by atoms with Crippen molar-refractivity contribution in [2.24, 2.45) is 17.8 Å². The van der Waals surface area contributed by atoms with Crippen LogP contribution in [0.3, 0.4) is 0 Å². The fourth-order valence-electron chi connectivity index (χ4n) is 1.72. The topological polar surface area (TPSA) is 52.5 Å². The monoisotopic (exact) mass is 203 g/mol. The third-order valence-electron chi connectivity index (χ3n) is 2.68. The molecule has 0 amide bonds. The Morgan fingerprint density at radius 2 is 1.50 bits per heavy atom. The van der Waals surface area contributed by atoms with Gasteiger partial charge in [-0.3, -0.25) is 0 Å². The summed E-state index contributed by atoms with van der Waals surface area (Å²) in [6, 6.07) is 0. The van der Waals surface area contributed by atoms with Crippen LogP contribution in [0.15, 0.2) is 0 Å². The highest BCUT2D eigenvalue weighted by molar-refractivity contribution is 4.70. The highest BCUT2D eigenvalue weighted by Crippen LogP contribution is 2.19. The molecule has 0 saturated carbocycles. The van der Waals surface area contributed by atoms with Crippen LogP contribution >= 0.6 is 0 Å². The zero-order valence-corrected chi connectivity index (χ0v) is 9.83. The second-order valence-corrected chi connectivity index (χ2v) is 4.65. The zero-order valence-electron chi connectivity index (χ0n) is 9.83. The second kappa shape index (κ2) is 7.21. The van der Waals surface area contributed by atoms with E-state index in [9.17, 15) is 0 Å². The molecule has 0 aliphatic rings. The molecule has 0 aromatic carbocycles. The van der Waals surface area contributed by atoms with Gasteiger partial charge < -0.3 is 15.5 Å².